The molecule has 7 heteroatoms. The van der Waals surface area contributed by atoms with Crippen LogP contribution in [0.25, 0.3) is 22.2 Å². The van der Waals surface area contributed by atoms with E-state index in [-0.39, 0.29) is 11.7 Å². The molecule has 1 aliphatic rings. The fourth-order valence-corrected chi connectivity index (χ4v) is 3.88. The maximum Gasteiger partial charge on any atom is 0.291 e. The van der Waals surface area contributed by atoms with E-state index >= 15 is 0 Å². The zero-order valence-corrected chi connectivity index (χ0v) is 16.3. The molecule has 5 heterocycles. The Morgan fingerprint density at radius 3 is 2.43 bits per heavy atom. The van der Waals surface area contributed by atoms with Crippen molar-refractivity contribution in [2.75, 3.05) is 13.1 Å². The van der Waals surface area contributed by atoms with Crippen LogP contribution in [0.1, 0.15) is 35.1 Å². The maximum atomic E-state index is 12.5. The summed E-state index contributed by atoms with van der Waals surface area (Å²) in [4.78, 5) is 36.0. The van der Waals surface area contributed by atoms with Crippen molar-refractivity contribution in [3.05, 3.63) is 78.9 Å². The molecule has 148 valence electrons. The number of pyridine rings is 3. The van der Waals surface area contributed by atoms with Gasteiger partial charge in [-0.2, -0.15) is 0 Å². The van der Waals surface area contributed by atoms with Gasteiger partial charge in [-0.1, -0.05) is 0 Å². The van der Waals surface area contributed by atoms with Crippen LogP contribution >= 0.6 is 0 Å². The van der Waals surface area contributed by atoms with Crippen LogP contribution in [0.3, 0.4) is 0 Å². The molecule has 0 radical (unpaired) electrons. The standard InChI is InChI=1S/C23H20N6O/c30-23(22-25-8-1-9-26-22)29-12-6-17(7-13-29)20-3-2-18-14-19(15-27-21(18)28-20)16-4-10-24-11-5-16/h1-5,8-11,14-15,17H,6-7,12-13H2. The molecule has 1 fully saturated rings. The van der Waals surface area contributed by atoms with Crippen molar-refractivity contribution in [2.24, 2.45) is 0 Å². The zero-order valence-electron chi connectivity index (χ0n) is 16.3. The van der Waals surface area contributed by atoms with Crippen molar-refractivity contribution >= 4 is 16.9 Å². The highest BCUT2D eigenvalue weighted by Crippen LogP contribution is 2.29. The minimum atomic E-state index is -0.106. The second-order valence-corrected chi connectivity index (χ2v) is 7.38. The second-order valence-electron chi connectivity index (χ2n) is 7.38. The Kier molecular flexibility index (Phi) is 4.85. The molecule has 0 unspecified atom stereocenters. The smallest absolute Gasteiger partial charge is 0.291 e. The molecule has 7 nitrogen and oxygen atoms in total. The third kappa shape index (κ3) is 3.61. The van der Waals surface area contributed by atoms with Crippen molar-refractivity contribution < 1.29 is 4.79 Å². The Bertz CT molecular complexity index is 1170. The Balaban J connectivity index is 1.30. The van der Waals surface area contributed by atoms with Crippen molar-refractivity contribution in [3.8, 4) is 11.1 Å². The summed E-state index contributed by atoms with van der Waals surface area (Å²) in [5, 5.41) is 1.02. The van der Waals surface area contributed by atoms with Gasteiger partial charge in [0.2, 0.25) is 5.82 Å². The molecular formula is C23H20N6O. The molecule has 0 bridgehead atoms. The van der Waals surface area contributed by atoms with Crippen LogP contribution in [0.5, 0.6) is 0 Å². The molecule has 4 aromatic heterocycles. The van der Waals surface area contributed by atoms with Gasteiger partial charge in [0.25, 0.3) is 5.91 Å². The predicted molar refractivity (Wildman–Crippen MR) is 113 cm³/mol. The third-order valence-electron chi connectivity index (χ3n) is 5.53. The van der Waals surface area contributed by atoms with Crippen molar-refractivity contribution in [2.45, 2.75) is 18.8 Å². The molecule has 0 aliphatic carbocycles. The number of carbonyl (C=O) groups is 1. The summed E-state index contributed by atoms with van der Waals surface area (Å²) in [6.45, 7) is 1.35. The van der Waals surface area contributed by atoms with Gasteiger partial charge in [0.1, 0.15) is 0 Å². The Morgan fingerprint density at radius 1 is 0.900 bits per heavy atom. The third-order valence-corrected chi connectivity index (χ3v) is 5.53. The van der Waals surface area contributed by atoms with Crippen LogP contribution in [0.2, 0.25) is 0 Å². The first-order valence-electron chi connectivity index (χ1n) is 10.0. The number of aromatic nitrogens is 5. The van der Waals surface area contributed by atoms with Crippen molar-refractivity contribution in [3.63, 3.8) is 0 Å². The number of amides is 1. The molecule has 0 spiro atoms. The van der Waals surface area contributed by atoms with Gasteiger partial charge in [0, 0.05) is 66.6 Å². The van der Waals surface area contributed by atoms with E-state index in [1.54, 1.807) is 30.9 Å². The minimum absolute atomic E-state index is 0.106. The summed E-state index contributed by atoms with van der Waals surface area (Å²) in [5.74, 6) is 0.469. The number of piperidine rings is 1. The number of hydrogen-bond acceptors (Lipinski definition) is 6. The largest absolute Gasteiger partial charge is 0.336 e. The first-order chi connectivity index (χ1) is 14.8. The predicted octanol–water partition coefficient (Wildman–Crippen LogP) is 3.50. The van der Waals surface area contributed by atoms with Gasteiger partial charge < -0.3 is 4.90 Å². The number of rotatable bonds is 3. The summed E-state index contributed by atoms with van der Waals surface area (Å²) >= 11 is 0. The quantitative estimate of drug-likeness (QED) is 0.527. The lowest BCUT2D eigenvalue weighted by Gasteiger charge is -2.31. The first-order valence-corrected chi connectivity index (χ1v) is 10.0. The molecule has 0 aromatic carbocycles. The molecule has 1 saturated heterocycles. The molecule has 5 rings (SSSR count). The van der Waals surface area contributed by atoms with E-state index in [2.05, 4.69) is 38.1 Å². The van der Waals surface area contributed by atoms with Gasteiger partial charge in [-0.25, -0.2) is 19.9 Å². The van der Waals surface area contributed by atoms with E-state index in [0.29, 0.717) is 19.0 Å². The van der Waals surface area contributed by atoms with E-state index in [1.807, 2.05) is 23.2 Å². The van der Waals surface area contributed by atoms with Crippen LogP contribution in [0.4, 0.5) is 0 Å². The zero-order chi connectivity index (χ0) is 20.3. The average Bonchev–Trinajstić information content (AvgIpc) is 2.84. The fourth-order valence-electron chi connectivity index (χ4n) is 3.88. The highest BCUT2D eigenvalue weighted by atomic mass is 16.2. The highest BCUT2D eigenvalue weighted by molar-refractivity contribution is 5.90. The number of fused-ring (bicyclic) bond motifs is 1. The summed E-state index contributed by atoms with van der Waals surface area (Å²) in [6, 6.07) is 11.9. The van der Waals surface area contributed by atoms with Gasteiger partial charge in [-0.15, -0.1) is 0 Å². The Labute approximate surface area is 173 Å². The SMILES string of the molecule is O=C(c1ncccn1)N1CCC(c2ccc3cc(-c4ccncc4)cnc3n2)CC1. The topological polar surface area (TPSA) is 84.8 Å². The minimum Gasteiger partial charge on any atom is -0.336 e. The van der Waals surface area contributed by atoms with Crippen LogP contribution in [0, 0.1) is 0 Å². The maximum absolute atomic E-state index is 12.5. The Morgan fingerprint density at radius 2 is 1.67 bits per heavy atom. The second kappa shape index (κ2) is 7.94. The van der Waals surface area contributed by atoms with Gasteiger partial charge in [0.05, 0.1) is 0 Å². The normalized spacial score (nSPS) is 14.7. The number of carbonyl (C=O) groups excluding carboxylic acids is 1. The molecule has 30 heavy (non-hydrogen) atoms. The highest BCUT2D eigenvalue weighted by Gasteiger charge is 2.26. The van der Waals surface area contributed by atoms with Gasteiger partial charge >= 0.3 is 0 Å². The van der Waals surface area contributed by atoms with E-state index < -0.39 is 0 Å². The molecule has 0 atom stereocenters. The number of nitrogens with zero attached hydrogens (tertiary/aromatic N) is 6. The molecule has 4 aromatic rings. The van der Waals surface area contributed by atoms with Gasteiger partial charge in [0.15, 0.2) is 5.65 Å². The molecule has 1 aliphatic heterocycles. The summed E-state index contributed by atoms with van der Waals surface area (Å²) in [6.07, 6.45) is 10.3. The first kappa shape index (κ1) is 18.3. The monoisotopic (exact) mass is 396 g/mol. The molecular weight excluding hydrogens is 376 g/mol. The van der Waals surface area contributed by atoms with Crippen LogP contribution in [-0.4, -0.2) is 48.8 Å². The summed E-state index contributed by atoms with van der Waals surface area (Å²) in [5.41, 5.74) is 3.92. The summed E-state index contributed by atoms with van der Waals surface area (Å²) in [7, 11) is 0. The van der Waals surface area contributed by atoms with Crippen LogP contribution < -0.4 is 0 Å². The Hall–Kier alpha value is -3.74. The van der Waals surface area contributed by atoms with E-state index in [0.717, 1.165) is 40.7 Å². The van der Waals surface area contributed by atoms with E-state index in [1.165, 1.54) is 0 Å². The lowest BCUT2D eigenvalue weighted by Crippen LogP contribution is -2.38. The fraction of sp³-hybridized carbons (Fsp3) is 0.217. The lowest BCUT2D eigenvalue weighted by molar-refractivity contribution is 0.0699. The van der Waals surface area contributed by atoms with Crippen molar-refractivity contribution in [1.29, 1.82) is 0 Å². The number of likely N-dealkylation sites (tertiary alicyclic amines) is 1. The average molecular weight is 396 g/mol. The summed E-state index contributed by atoms with van der Waals surface area (Å²) < 4.78 is 0. The van der Waals surface area contributed by atoms with Gasteiger partial charge in [-0.3, -0.25) is 9.78 Å². The molecule has 0 saturated carbocycles. The molecule has 0 N–H and O–H groups in total. The lowest BCUT2D eigenvalue weighted by atomic mass is 9.92. The van der Waals surface area contributed by atoms with Crippen LogP contribution in [-0.2, 0) is 0 Å². The van der Waals surface area contributed by atoms with Crippen LogP contribution in [0.15, 0.2) is 67.4 Å². The van der Waals surface area contributed by atoms with Gasteiger partial charge in [-0.05, 0) is 54.8 Å². The van der Waals surface area contributed by atoms with E-state index in [9.17, 15) is 4.79 Å². The molecule has 1 amide bonds. The van der Waals surface area contributed by atoms with E-state index in [4.69, 9.17) is 4.98 Å². The number of hydrogen-bond donors (Lipinski definition) is 0. The van der Waals surface area contributed by atoms with Crippen molar-refractivity contribution in [1.82, 2.24) is 29.8 Å².